The second-order valence-corrected chi connectivity index (χ2v) is 6.69. The summed E-state index contributed by atoms with van der Waals surface area (Å²) in [6.07, 6.45) is 1.81. The fourth-order valence-electron chi connectivity index (χ4n) is 2.84. The van der Waals surface area contributed by atoms with E-state index in [1.807, 2.05) is 22.9 Å². The Morgan fingerprint density at radius 1 is 1.17 bits per heavy atom. The molecule has 1 saturated heterocycles. The lowest BCUT2D eigenvalue weighted by molar-refractivity contribution is 0.586. The van der Waals surface area contributed by atoms with E-state index in [-0.39, 0.29) is 5.28 Å². The van der Waals surface area contributed by atoms with Gasteiger partial charge >= 0.3 is 0 Å². The molecule has 0 spiro atoms. The fraction of sp³-hybridized carbons (Fsp3) is 0.333. The minimum absolute atomic E-state index is 0.236. The van der Waals surface area contributed by atoms with Crippen molar-refractivity contribution in [3.63, 3.8) is 0 Å². The first-order valence-corrected chi connectivity index (χ1v) is 8.84. The Hall–Kier alpha value is -1.77. The van der Waals surface area contributed by atoms with Crippen LogP contribution in [0.25, 0.3) is 11.0 Å². The third kappa shape index (κ3) is 3.09. The van der Waals surface area contributed by atoms with Crippen LogP contribution in [0.5, 0.6) is 0 Å². The third-order valence-corrected chi connectivity index (χ3v) is 4.56. The van der Waals surface area contributed by atoms with Crippen LogP contribution in [0.1, 0.15) is 5.69 Å². The minimum atomic E-state index is 0.236. The summed E-state index contributed by atoms with van der Waals surface area (Å²) >= 11 is 9.56. The monoisotopic (exact) mass is 407 g/mol. The smallest absolute Gasteiger partial charge is 0.226 e. The number of aromatic nitrogens is 5. The molecule has 9 heteroatoms. The molecule has 7 nitrogen and oxygen atoms in total. The van der Waals surface area contributed by atoms with Crippen LogP contribution in [0.4, 0.5) is 5.82 Å². The quantitative estimate of drug-likeness (QED) is 0.528. The highest BCUT2D eigenvalue weighted by molar-refractivity contribution is 9.10. The average Bonchev–Trinajstić information content (AvgIpc) is 2.98. The van der Waals surface area contributed by atoms with Gasteiger partial charge in [0.05, 0.1) is 23.8 Å². The zero-order valence-corrected chi connectivity index (χ0v) is 15.1. The van der Waals surface area contributed by atoms with Crippen molar-refractivity contribution in [2.24, 2.45) is 0 Å². The van der Waals surface area contributed by atoms with Crippen LogP contribution in [-0.4, -0.2) is 50.9 Å². The molecule has 4 rings (SSSR count). The van der Waals surface area contributed by atoms with Gasteiger partial charge in [-0.1, -0.05) is 6.07 Å². The highest BCUT2D eigenvalue weighted by atomic mass is 79.9. The average molecular weight is 409 g/mol. The summed E-state index contributed by atoms with van der Waals surface area (Å²) in [5, 5.41) is 8.96. The Bertz CT molecular complexity index is 875. The predicted octanol–water partition coefficient (Wildman–Crippen LogP) is 2.10. The van der Waals surface area contributed by atoms with Gasteiger partial charge in [-0.2, -0.15) is 15.1 Å². The van der Waals surface area contributed by atoms with Gasteiger partial charge in [-0.15, -0.1) is 0 Å². The molecular weight excluding hydrogens is 394 g/mol. The molecule has 1 aliphatic rings. The van der Waals surface area contributed by atoms with Gasteiger partial charge in [-0.05, 0) is 39.7 Å². The van der Waals surface area contributed by atoms with Crippen molar-refractivity contribution in [2.75, 3.05) is 31.1 Å². The van der Waals surface area contributed by atoms with E-state index in [1.54, 1.807) is 6.20 Å². The topological polar surface area (TPSA) is 71.8 Å². The number of anilines is 1. The Kier molecular flexibility index (Phi) is 4.34. The first-order valence-electron chi connectivity index (χ1n) is 7.67. The van der Waals surface area contributed by atoms with Crippen molar-refractivity contribution >= 4 is 44.4 Å². The molecule has 0 bridgehead atoms. The van der Waals surface area contributed by atoms with E-state index >= 15 is 0 Å². The first kappa shape index (κ1) is 15.7. The maximum atomic E-state index is 6.17. The van der Waals surface area contributed by atoms with Crippen molar-refractivity contribution in [1.29, 1.82) is 0 Å². The summed E-state index contributed by atoms with van der Waals surface area (Å²) in [6, 6.07) is 5.80. The van der Waals surface area contributed by atoms with Gasteiger partial charge in [-0.3, -0.25) is 0 Å². The van der Waals surface area contributed by atoms with Crippen molar-refractivity contribution in [2.45, 2.75) is 6.54 Å². The Morgan fingerprint density at radius 2 is 2.00 bits per heavy atom. The maximum Gasteiger partial charge on any atom is 0.226 e. The number of nitrogens with zero attached hydrogens (tertiary/aromatic N) is 6. The molecule has 0 unspecified atom stereocenters. The van der Waals surface area contributed by atoms with Crippen LogP contribution in [0.15, 0.2) is 29.0 Å². The van der Waals surface area contributed by atoms with E-state index in [9.17, 15) is 0 Å². The van der Waals surface area contributed by atoms with E-state index in [0.29, 0.717) is 6.54 Å². The van der Waals surface area contributed by atoms with Gasteiger partial charge in [0.2, 0.25) is 5.28 Å². The van der Waals surface area contributed by atoms with Crippen LogP contribution in [0, 0.1) is 0 Å². The molecular formula is C15H15BrClN7. The van der Waals surface area contributed by atoms with E-state index < -0.39 is 0 Å². The van der Waals surface area contributed by atoms with Crippen LogP contribution >= 0.6 is 27.5 Å². The SMILES string of the molecule is Clc1nc(N2CCNCC2)c2cnn(Cc3cccc(Br)n3)c2n1. The van der Waals surface area contributed by atoms with Gasteiger partial charge in [0.15, 0.2) is 5.65 Å². The largest absolute Gasteiger partial charge is 0.353 e. The molecule has 124 valence electrons. The fourth-order valence-corrected chi connectivity index (χ4v) is 3.38. The lowest BCUT2D eigenvalue weighted by atomic mass is 10.3. The van der Waals surface area contributed by atoms with Crippen LogP contribution in [0.3, 0.4) is 0 Å². The Balaban J connectivity index is 1.74. The van der Waals surface area contributed by atoms with Crippen molar-refractivity contribution < 1.29 is 0 Å². The number of fused-ring (bicyclic) bond motifs is 1. The summed E-state index contributed by atoms with van der Waals surface area (Å²) in [5.41, 5.74) is 1.62. The van der Waals surface area contributed by atoms with Gasteiger partial charge in [-0.25, -0.2) is 9.67 Å². The summed E-state index contributed by atoms with van der Waals surface area (Å²) < 4.78 is 2.61. The van der Waals surface area contributed by atoms with Crippen LogP contribution in [0.2, 0.25) is 5.28 Å². The standard InChI is InChI=1S/C15H15BrClN7/c16-12-3-1-2-10(20-12)9-24-14-11(8-19-24)13(21-15(17)22-14)23-6-4-18-5-7-23/h1-3,8,18H,4-7,9H2. The zero-order chi connectivity index (χ0) is 16.5. The van der Waals surface area contributed by atoms with Crippen molar-refractivity contribution in [3.05, 3.63) is 40.0 Å². The molecule has 0 atom stereocenters. The molecule has 0 saturated carbocycles. The molecule has 24 heavy (non-hydrogen) atoms. The molecule has 4 heterocycles. The van der Waals surface area contributed by atoms with E-state index in [2.05, 4.69) is 46.2 Å². The summed E-state index contributed by atoms with van der Waals surface area (Å²) in [6.45, 7) is 4.16. The minimum Gasteiger partial charge on any atom is -0.353 e. The summed E-state index contributed by atoms with van der Waals surface area (Å²) in [5.74, 6) is 0.847. The lowest BCUT2D eigenvalue weighted by Crippen LogP contribution is -2.44. The molecule has 1 N–H and O–H groups in total. The van der Waals surface area contributed by atoms with Crippen LogP contribution < -0.4 is 10.2 Å². The number of hydrogen-bond donors (Lipinski definition) is 1. The van der Waals surface area contributed by atoms with Gasteiger partial charge in [0.25, 0.3) is 0 Å². The van der Waals surface area contributed by atoms with E-state index in [4.69, 9.17) is 11.6 Å². The number of nitrogens with one attached hydrogen (secondary N) is 1. The Labute approximate surface area is 152 Å². The van der Waals surface area contributed by atoms with Gasteiger partial charge < -0.3 is 10.2 Å². The molecule has 0 aromatic carbocycles. The predicted molar refractivity (Wildman–Crippen MR) is 96.5 cm³/mol. The van der Waals surface area contributed by atoms with E-state index in [0.717, 1.165) is 53.3 Å². The molecule has 0 aliphatic carbocycles. The molecule has 0 radical (unpaired) electrons. The second kappa shape index (κ2) is 6.62. The molecule has 0 amide bonds. The van der Waals surface area contributed by atoms with Crippen molar-refractivity contribution in [1.82, 2.24) is 30.0 Å². The summed E-state index contributed by atoms with van der Waals surface area (Å²) in [4.78, 5) is 15.5. The number of piperazine rings is 1. The number of halogens is 2. The third-order valence-electron chi connectivity index (χ3n) is 3.95. The zero-order valence-electron chi connectivity index (χ0n) is 12.8. The molecule has 3 aromatic heterocycles. The van der Waals surface area contributed by atoms with E-state index in [1.165, 1.54) is 0 Å². The van der Waals surface area contributed by atoms with Crippen LogP contribution in [-0.2, 0) is 6.54 Å². The normalized spacial score (nSPS) is 15.2. The molecule has 3 aromatic rings. The number of rotatable bonds is 3. The second-order valence-electron chi connectivity index (χ2n) is 5.54. The molecule has 1 aliphatic heterocycles. The number of hydrogen-bond acceptors (Lipinski definition) is 6. The van der Waals surface area contributed by atoms with Gasteiger partial charge in [0.1, 0.15) is 10.4 Å². The number of pyridine rings is 1. The molecule has 1 fully saturated rings. The first-order chi connectivity index (χ1) is 11.7. The van der Waals surface area contributed by atoms with Gasteiger partial charge in [0, 0.05) is 26.2 Å². The highest BCUT2D eigenvalue weighted by Crippen LogP contribution is 2.26. The Morgan fingerprint density at radius 3 is 2.79 bits per heavy atom. The maximum absolute atomic E-state index is 6.17. The van der Waals surface area contributed by atoms with Crippen molar-refractivity contribution in [3.8, 4) is 0 Å². The summed E-state index contributed by atoms with van der Waals surface area (Å²) in [7, 11) is 0. The highest BCUT2D eigenvalue weighted by Gasteiger charge is 2.19. The lowest BCUT2D eigenvalue weighted by Gasteiger charge is -2.28.